The van der Waals surface area contributed by atoms with E-state index in [0.29, 0.717) is 5.02 Å². The highest BCUT2D eigenvalue weighted by molar-refractivity contribution is 6.30. The first-order valence-corrected chi connectivity index (χ1v) is 6.75. The third kappa shape index (κ3) is 3.24. The van der Waals surface area contributed by atoms with Crippen LogP contribution in [-0.2, 0) is 4.79 Å². The molecule has 98 valence electrons. The lowest BCUT2D eigenvalue weighted by Crippen LogP contribution is -2.32. The molecule has 0 bridgehead atoms. The number of carbonyl (C=O) groups is 1. The number of amides is 1. The summed E-state index contributed by atoms with van der Waals surface area (Å²) in [6.07, 6.45) is 2.65. The maximum absolute atomic E-state index is 12.1. The molecule has 3 nitrogen and oxygen atoms in total. The SMILES string of the molecule is C[C@@H](NC(=O)C1CCC(N)C1)c1cccc(Cl)c1. The summed E-state index contributed by atoms with van der Waals surface area (Å²) in [5, 5.41) is 3.72. The minimum atomic E-state index is -0.0203. The molecule has 0 spiro atoms. The zero-order valence-corrected chi connectivity index (χ0v) is 11.3. The fraction of sp³-hybridized carbons (Fsp3) is 0.500. The van der Waals surface area contributed by atoms with Crippen molar-refractivity contribution in [1.82, 2.24) is 5.32 Å². The van der Waals surface area contributed by atoms with Gasteiger partial charge in [-0.2, -0.15) is 0 Å². The van der Waals surface area contributed by atoms with Gasteiger partial charge in [-0.25, -0.2) is 0 Å². The van der Waals surface area contributed by atoms with Crippen LogP contribution in [0.5, 0.6) is 0 Å². The van der Waals surface area contributed by atoms with E-state index in [2.05, 4.69) is 5.32 Å². The molecule has 4 heteroatoms. The van der Waals surface area contributed by atoms with E-state index < -0.39 is 0 Å². The Balaban J connectivity index is 1.95. The van der Waals surface area contributed by atoms with E-state index in [1.807, 2.05) is 31.2 Å². The summed E-state index contributed by atoms with van der Waals surface area (Å²) in [5.74, 6) is 0.178. The topological polar surface area (TPSA) is 55.1 Å². The predicted molar refractivity (Wildman–Crippen MR) is 73.3 cm³/mol. The number of nitrogens with one attached hydrogen (secondary N) is 1. The smallest absolute Gasteiger partial charge is 0.223 e. The first-order chi connectivity index (χ1) is 8.56. The number of rotatable bonds is 3. The van der Waals surface area contributed by atoms with Crippen molar-refractivity contribution in [2.45, 2.75) is 38.3 Å². The van der Waals surface area contributed by atoms with Gasteiger partial charge < -0.3 is 11.1 Å². The maximum Gasteiger partial charge on any atom is 0.223 e. The lowest BCUT2D eigenvalue weighted by Gasteiger charge is -2.17. The Hall–Kier alpha value is -1.06. The summed E-state index contributed by atoms with van der Waals surface area (Å²) in [5.41, 5.74) is 6.85. The van der Waals surface area contributed by atoms with Crippen LogP contribution in [0.25, 0.3) is 0 Å². The second kappa shape index (κ2) is 5.72. The van der Waals surface area contributed by atoms with E-state index in [9.17, 15) is 4.79 Å². The van der Waals surface area contributed by atoms with Gasteiger partial charge in [-0.3, -0.25) is 4.79 Å². The standard InChI is InChI=1S/C14H19ClN2O/c1-9(10-3-2-4-12(15)7-10)17-14(18)11-5-6-13(16)8-11/h2-4,7,9,11,13H,5-6,8,16H2,1H3,(H,17,18)/t9-,11?,13?/m1/s1. The van der Waals surface area contributed by atoms with Crippen molar-refractivity contribution < 1.29 is 4.79 Å². The molecule has 0 aliphatic heterocycles. The third-order valence-electron chi connectivity index (χ3n) is 3.55. The molecule has 3 atom stereocenters. The molecule has 0 heterocycles. The summed E-state index contributed by atoms with van der Waals surface area (Å²) in [7, 11) is 0. The second-order valence-electron chi connectivity index (χ2n) is 5.06. The Bertz CT molecular complexity index is 436. The molecule has 1 fully saturated rings. The highest BCUT2D eigenvalue weighted by atomic mass is 35.5. The fourth-order valence-corrected chi connectivity index (χ4v) is 2.64. The van der Waals surface area contributed by atoms with E-state index in [0.717, 1.165) is 24.8 Å². The normalized spacial score (nSPS) is 24.8. The van der Waals surface area contributed by atoms with Crippen molar-refractivity contribution in [2.24, 2.45) is 11.7 Å². The summed E-state index contributed by atoms with van der Waals surface area (Å²) in [4.78, 5) is 12.1. The summed E-state index contributed by atoms with van der Waals surface area (Å²) < 4.78 is 0. The number of hydrogen-bond acceptors (Lipinski definition) is 2. The van der Waals surface area contributed by atoms with E-state index in [1.54, 1.807) is 0 Å². The number of nitrogens with two attached hydrogens (primary N) is 1. The Morgan fingerprint density at radius 3 is 2.89 bits per heavy atom. The van der Waals surface area contributed by atoms with E-state index >= 15 is 0 Å². The van der Waals surface area contributed by atoms with Crippen LogP contribution in [0.4, 0.5) is 0 Å². The van der Waals surface area contributed by atoms with Crippen molar-refractivity contribution >= 4 is 17.5 Å². The molecule has 1 amide bonds. The van der Waals surface area contributed by atoms with Crippen molar-refractivity contribution in [3.63, 3.8) is 0 Å². The van der Waals surface area contributed by atoms with Crippen molar-refractivity contribution in [2.75, 3.05) is 0 Å². The Labute approximate surface area is 113 Å². The van der Waals surface area contributed by atoms with Crippen LogP contribution in [0.15, 0.2) is 24.3 Å². The van der Waals surface area contributed by atoms with Crippen molar-refractivity contribution in [3.8, 4) is 0 Å². The van der Waals surface area contributed by atoms with Gasteiger partial charge in [0.1, 0.15) is 0 Å². The second-order valence-corrected chi connectivity index (χ2v) is 5.49. The number of hydrogen-bond donors (Lipinski definition) is 2. The molecule has 1 aromatic rings. The molecule has 2 rings (SSSR count). The largest absolute Gasteiger partial charge is 0.349 e. The van der Waals surface area contributed by atoms with E-state index in [-0.39, 0.29) is 23.9 Å². The number of benzene rings is 1. The monoisotopic (exact) mass is 266 g/mol. The fourth-order valence-electron chi connectivity index (χ4n) is 2.45. The molecule has 2 unspecified atom stereocenters. The average Bonchev–Trinajstić information content (AvgIpc) is 2.76. The maximum atomic E-state index is 12.1. The molecule has 1 aliphatic rings. The van der Waals surface area contributed by atoms with Gasteiger partial charge >= 0.3 is 0 Å². The molecule has 0 saturated heterocycles. The zero-order valence-electron chi connectivity index (χ0n) is 10.5. The van der Waals surface area contributed by atoms with Gasteiger partial charge in [-0.15, -0.1) is 0 Å². The first kappa shape index (κ1) is 13.4. The van der Waals surface area contributed by atoms with Gasteiger partial charge in [0.15, 0.2) is 0 Å². The molecule has 1 aromatic carbocycles. The summed E-state index contributed by atoms with van der Waals surface area (Å²) >= 11 is 5.94. The van der Waals surface area contributed by atoms with Gasteiger partial charge in [-0.1, -0.05) is 23.7 Å². The molecule has 3 N–H and O–H groups in total. The first-order valence-electron chi connectivity index (χ1n) is 6.37. The highest BCUT2D eigenvalue weighted by Gasteiger charge is 2.28. The van der Waals surface area contributed by atoms with Crippen molar-refractivity contribution in [1.29, 1.82) is 0 Å². The number of carbonyl (C=O) groups excluding carboxylic acids is 1. The Morgan fingerprint density at radius 1 is 1.50 bits per heavy atom. The summed E-state index contributed by atoms with van der Waals surface area (Å²) in [6, 6.07) is 7.74. The van der Waals surface area contributed by atoms with Gasteiger partial charge in [0.2, 0.25) is 5.91 Å². The lowest BCUT2D eigenvalue weighted by molar-refractivity contribution is -0.125. The van der Waals surface area contributed by atoms with Crippen LogP contribution >= 0.6 is 11.6 Å². The molecule has 0 aromatic heterocycles. The quantitative estimate of drug-likeness (QED) is 0.884. The van der Waals surface area contributed by atoms with E-state index in [1.165, 1.54) is 0 Å². The van der Waals surface area contributed by atoms with Crippen LogP contribution in [0.1, 0.15) is 37.8 Å². The average molecular weight is 267 g/mol. The van der Waals surface area contributed by atoms with Crippen LogP contribution in [0.3, 0.4) is 0 Å². The highest BCUT2D eigenvalue weighted by Crippen LogP contribution is 2.25. The molecule has 0 radical (unpaired) electrons. The zero-order chi connectivity index (χ0) is 13.1. The van der Waals surface area contributed by atoms with Crippen LogP contribution in [0, 0.1) is 5.92 Å². The molecular formula is C14H19ClN2O. The van der Waals surface area contributed by atoms with Crippen LogP contribution in [0.2, 0.25) is 5.02 Å². The van der Waals surface area contributed by atoms with Gasteiger partial charge in [0, 0.05) is 17.0 Å². The Morgan fingerprint density at radius 2 is 2.28 bits per heavy atom. The van der Waals surface area contributed by atoms with Crippen molar-refractivity contribution in [3.05, 3.63) is 34.9 Å². The molecule has 1 aliphatic carbocycles. The van der Waals surface area contributed by atoms with Crippen LogP contribution < -0.4 is 11.1 Å². The Kier molecular flexibility index (Phi) is 4.25. The van der Waals surface area contributed by atoms with Gasteiger partial charge in [-0.05, 0) is 43.9 Å². The van der Waals surface area contributed by atoms with Gasteiger partial charge in [0.25, 0.3) is 0 Å². The minimum absolute atomic E-state index is 0.0203. The number of halogens is 1. The predicted octanol–water partition coefficient (Wildman–Crippen LogP) is 2.64. The third-order valence-corrected chi connectivity index (χ3v) is 3.79. The molecular weight excluding hydrogens is 248 g/mol. The molecule has 18 heavy (non-hydrogen) atoms. The van der Waals surface area contributed by atoms with E-state index in [4.69, 9.17) is 17.3 Å². The summed E-state index contributed by atoms with van der Waals surface area (Å²) in [6.45, 7) is 1.97. The van der Waals surface area contributed by atoms with Crippen LogP contribution in [-0.4, -0.2) is 11.9 Å². The molecule has 1 saturated carbocycles. The van der Waals surface area contributed by atoms with Gasteiger partial charge in [0.05, 0.1) is 6.04 Å². The lowest BCUT2D eigenvalue weighted by atomic mass is 10.0. The minimum Gasteiger partial charge on any atom is -0.349 e.